The second kappa shape index (κ2) is 5.49. The van der Waals surface area contributed by atoms with Gasteiger partial charge in [0, 0.05) is 11.4 Å². The molecule has 1 atom stereocenters. The van der Waals surface area contributed by atoms with Crippen molar-refractivity contribution in [3.8, 4) is 0 Å². The molecule has 0 bridgehead atoms. The molecule has 1 heterocycles. The first-order chi connectivity index (χ1) is 9.01. The molecular weight excluding hydrogens is 239 g/mol. The molecule has 2 aromatic rings. The number of nitrogens with one attached hydrogen (secondary N) is 1. The van der Waals surface area contributed by atoms with Crippen LogP contribution >= 0.6 is 0 Å². The number of benzene rings is 1. The molecule has 0 spiro atoms. The Labute approximate surface area is 113 Å². The molecule has 1 N–H and O–H groups in total. The van der Waals surface area contributed by atoms with Crippen molar-refractivity contribution < 1.29 is 4.39 Å². The first-order valence-electron chi connectivity index (χ1n) is 6.39. The van der Waals surface area contributed by atoms with Crippen molar-refractivity contribution in [1.29, 1.82) is 0 Å². The summed E-state index contributed by atoms with van der Waals surface area (Å²) in [4.78, 5) is 4.38. The predicted octanol–water partition coefficient (Wildman–Crippen LogP) is 3.45. The topological polar surface area (TPSA) is 24.9 Å². The van der Waals surface area contributed by atoms with Crippen molar-refractivity contribution in [1.82, 2.24) is 10.3 Å². The highest BCUT2D eigenvalue weighted by molar-refractivity contribution is 5.38. The van der Waals surface area contributed by atoms with E-state index in [-0.39, 0.29) is 11.9 Å². The minimum absolute atomic E-state index is 0.0175. The number of hydrogen-bond donors (Lipinski definition) is 1. The van der Waals surface area contributed by atoms with E-state index in [9.17, 15) is 4.39 Å². The number of rotatable bonds is 3. The lowest BCUT2D eigenvalue weighted by Gasteiger charge is -2.20. The van der Waals surface area contributed by atoms with E-state index in [2.05, 4.69) is 10.3 Å². The molecule has 0 saturated carbocycles. The fraction of sp³-hybridized carbons (Fsp3) is 0.312. The molecule has 3 heteroatoms. The second-order valence-electron chi connectivity index (χ2n) is 4.91. The third-order valence-electron chi connectivity index (χ3n) is 3.28. The smallest absolute Gasteiger partial charge is 0.123 e. The van der Waals surface area contributed by atoms with Crippen molar-refractivity contribution in [2.75, 3.05) is 7.05 Å². The van der Waals surface area contributed by atoms with E-state index < -0.39 is 0 Å². The molecular formula is C16H19FN2. The van der Waals surface area contributed by atoms with Crippen LogP contribution in [0.2, 0.25) is 0 Å². The SMILES string of the molecule is CNC(c1cc(C)nc(C)c1)c1cc(F)ccc1C. The van der Waals surface area contributed by atoms with Crippen LogP contribution in [-0.4, -0.2) is 12.0 Å². The van der Waals surface area contributed by atoms with Crippen LogP contribution in [0.3, 0.4) is 0 Å². The van der Waals surface area contributed by atoms with E-state index in [0.717, 1.165) is 28.1 Å². The minimum Gasteiger partial charge on any atom is -0.309 e. The molecule has 19 heavy (non-hydrogen) atoms. The Morgan fingerprint density at radius 1 is 1.05 bits per heavy atom. The standard InChI is InChI=1S/C16H19FN2/c1-10-5-6-14(17)9-15(10)16(18-4)13-7-11(2)19-12(3)8-13/h5-9,16,18H,1-4H3. The van der Waals surface area contributed by atoms with Crippen LogP contribution in [-0.2, 0) is 0 Å². The van der Waals surface area contributed by atoms with Crippen molar-refractivity contribution in [3.63, 3.8) is 0 Å². The summed E-state index contributed by atoms with van der Waals surface area (Å²) in [7, 11) is 1.89. The number of aryl methyl sites for hydroxylation is 3. The summed E-state index contributed by atoms with van der Waals surface area (Å²) >= 11 is 0. The summed E-state index contributed by atoms with van der Waals surface area (Å²) in [6.45, 7) is 5.95. The van der Waals surface area contributed by atoms with Crippen LogP contribution in [0, 0.1) is 26.6 Å². The number of nitrogens with zero attached hydrogens (tertiary/aromatic N) is 1. The van der Waals surface area contributed by atoms with E-state index in [4.69, 9.17) is 0 Å². The third-order valence-corrected chi connectivity index (χ3v) is 3.28. The average molecular weight is 258 g/mol. The van der Waals surface area contributed by atoms with Crippen LogP contribution < -0.4 is 5.32 Å². The van der Waals surface area contributed by atoms with Gasteiger partial charge in [-0.3, -0.25) is 4.98 Å². The summed E-state index contributed by atoms with van der Waals surface area (Å²) in [6, 6.07) is 8.97. The molecule has 100 valence electrons. The van der Waals surface area contributed by atoms with Gasteiger partial charge in [0.2, 0.25) is 0 Å². The van der Waals surface area contributed by atoms with Gasteiger partial charge in [-0.25, -0.2) is 4.39 Å². The van der Waals surface area contributed by atoms with Crippen LogP contribution in [0.1, 0.15) is 34.1 Å². The van der Waals surface area contributed by atoms with Gasteiger partial charge in [0.15, 0.2) is 0 Å². The summed E-state index contributed by atoms with van der Waals surface area (Å²) in [5, 5.41) is 3.26. The Morgan fingerprint density at radius 2 is 1.68 bits per heavy atom. The average Bonchev–Trinajstić information content (AvgIpc) is 2.33. The van der Waals surface area contributed by atoms with Gasteiger partial charge in [-0.2, -0.15) is 0 Å². The quantitative estimate of drug-likeness (QED) is 0.912. The molecule has 1 aromatic carbocycles. The minimum atomic E-state index is -0.205. The summed E-state index contributed by atoms with van der Waals surface area (Å²) < 4.78 is 13.5. The lowest BCUT2D eigenvalue weighted by Crippen LogP contribution is -2.19. The normalized spacial score (nSPS) is 12.5. The van der Waals surface area contributed by atoms with Crippen molar-refractivity contribution in [2.24, 2.45) is 0 Å². The Bertz CT molecular complexity index is 573. The van der Waals surface area contributed by atoms with Crippen molar-refractivity contribution >= 4 is 0 Å². The highest BCUT2D eigenvalue weighted by Gasteiger charge is 2.16. The Morgan fingerprint density at radius 3 is 2.26 bits per heavy atom. The predicted molar refractivity (Wildman–Crippen MR) is 75.8 cm³/mol. The van der Waals surface area contributed by atoms with E-state index in [0.29, 0.717) is 0 Å². The van der Waals surface area contributed by atoms with Crippen LogP contribution in [0.25, 0.3) is 0 Å². The van der Waals surface area contributed by atoms with Crippen LogP contribution in [0.15, 0.2) is 30.3 Å². The zero-order chi connectivity index (χ0) is 14.0. The Balaban J connectivity index is 2.52. The van der Waals surface area contributed by atoms with Gasteiger partial charge in [-0.15, -0.1) is 0 Å². The molecule has 0 aliphatic heterocycles. The van der Waals surface area contributed by atoms with E-state index in [1.807, 2.05) is 46.0 Å². The molecule has 2 nitrogen and oxygen atoms in total. The molecule has 2 rings (SSSR count). The maximum atomic E-state index is 13.5. The molecule has 0 aliphatic carbocycles. The van der Waals surface area contributed by atoms with E-state index in [1.54, 1.807) is 6.07 Å². The van der Waals surface area contributed by atoms with Gasteiger partial charge in [0.25, 0.3) is 0 Å². The number of aromatic nitrogens is 1. The van der Waals surface area contributed by atoms with Gasteiger partial charge in [-0.1, -0.05) is 6.07 Å². The highest BCUT2D eigenvalue weighted by atomic mass is 19.1. The lowest BCUT2D eigenvalue weighted by molar-refractivity contribution is 0.615. The number of halogens is 1. The van der Waals surface area contributed by atoms with Crippen molar-refractivity contribution in [2.45, 2.75) is 26.8 Å². The molecule has 0 amide bonds. The first-order valence-corrected chi connectivity index (χ1v) is 6.39. The molecule has 1 aromatic heterocycles. The molecule has 0 radical (unpaired) electrons. The van der Waals surface area contributed by atoms with E-state index >= 15 is 0 Å². The largest absolute Gasteiger partial charge is 0.309 e. The highest BCUT2D eigenvalue weighted by Crippen LogP contribution is 2.26. The maximum absolute atomic E-state index is 13.5. The van der Waals surface area contributed by atoms with Gasteiger partial charge >= 0.3 is 0 Å². The fourth-order valence-electron chi connectivity index (χ4n) is 2.46. The molecule has 1 unspecified atom stereocenters. The molecule has 0 saturated heterocycles. The molecule has 0 fully saturated rings. The van der Waals surface area contributed by atoms with E-state index in [1.165, 1.54) is 6.07 Å². The third kappa shape index (κ3) is 2.99. The maximum Gasteiger partial charge on any atom is 0.123 e. The number of pyridine rings is 1. The Hall–Kier alpha value is -1.74. The number of hydrogen-bond acceptors (Lipinski definition) is 2. The van der Waals surface area contributed by atoms with Crippen LogP contribution in [0.4, 0.5) is 4.39 Å². The van der Waals surface area contributed by atoms with Gasteiger partial charge in [0.1, 0.15) is 5.82 Å². The fourth-order valence-corrected chi connectivity index (χ4v) is 2.46. The van der Waals surface area contributed by atoms with Gasteiger partial charge in [0.05, 0.1) is 6.04 Å². The summed E-state index contributed by atoms with van der Waals surface area (Å²) in [6.07, 6.45) is 0. The van der Waals surface area contributed by atoms with Gasteiger partial charge in [-0.05, 0) is 68.8 Å². The second-order valence-corrected chi connectivity index (χ2v) is 4.91. The zero-order valence-corrected chi connectivity index (χ0v) is 11.8. The lowest BCUT2D eigenvalue weighted by atomic mass is 9.94. The van der Waals surface area contributed by atoms with Crippen molar-refractivity contribution in [3.05, 3.63) is 64.2 Å². The molecule has 0 aliphatic rings. The van der Waals surface area contributed by atoms with Gasteiger partial charge < -0.3 is 5.32 Å². The monoisotopic (exact) mass is 258 g/mol. The van der Waals surface area contributed by atoms with Crippen LogP contribution in [0.5, 0.6) is 0 Å². The first kappa shape index (κ1) is 13.7. The summed E-state index contributed by atoms with van der Waals surface area (Å²) in [5.74, 6) is -0.205. The zero-order valence-electron chi connectivity index (χ0n) is 11.8. The Kier molecular flexibility index (Phi) is 3.96. The summed E-state index contributed by atoms with van der Waals surface area (Å²) in [5.41, 5.74) is 5.11.